The molecule has 0 saturated carbocycles. The molecule has 186 valence electrons. The van der Waals surface area contributed by atoms with Gasteiger partial charge in [-0.15, -0.1) is 0 Å². The first-order chi connectivity index (χ1) is 17.3. The molecule has 0 aliphatic carbocycles. The van der Waals surface area contributed by atoms with Crippen LogP contribution in [0.5, 0.6) is 0 Å². The predicted octanol–water partition coefficient (Wildman–Crippen LogP) is 5.80. The summed E-state index contributed by atoms with van der Waals surface area (Å²) < 4.78 is 3.08. The van der Waals surface area contributed by atoms with E-state index in [2.05, 4.69) is 58.4 Å². The van der Waals surface area contributed by atoms with Crippen molar-refractivity contribution in [2.24, 2.45) is 0 Å². The summed E-state index contributed by atoms with van der Waals surface area (Å²) in [5, 5.41) is 11.6. The highest BCUT2D eigenvalue weighted by Gasteiger charge is 2.14. The van der Waals surface area contributed by atoms with E-state index in [1.807, 2.05) is 32.0 Å². The van der Waals surface area contributed by atoms with Gasteiger partial charge in [0, 0.05) is 18.1 Å². The van der Waals surface area contributed by atoms with E-state index in [9.17, 15) is 9.59 Å². The fourth-order valence-corrected chi connectivity index (χ4v) is 3.33. The molecule has 10 heteroatoms. The molecular weight excluding hydrogens is 478 g/mol. The van der Waals surface area contributed by atoms with Gasteiger partial charge in [0.2, 0.25) is 0 Å². The average Bonchev–Trinajstić information content (AvgIpc) is 3.48. The van der Waals surface area contributed by atoms with Gasteiger partial charge in [-0.3, -0.25) is 9.59 Å². The molecule has 0 aliphatic rings. The Morgan fingerprint density at radius 1 is 0.861 bits per heavy atom. The maximum atomic E-state index is 11.0. The second-order valence-corrected chi connectivity index (χ2v) is 8.88. The van der Waals surface area contributed by atoms with Crippen LogP contribution < -0.4 is 5.32 Å². The Balaban J connectivity index is 0.000000217. The van der Waals surface area contributed by atoms with E-state index in [0.29, 0.717) is 39.7 Å². The zero-order chi connectivity index (χ0) is 26.3. The third-order valence-corrected chi connectivity index (χ3v) is 5.22. The monoisotopic (exact) mass is 505 g/mol. The average molecular weight is 506 g/mol. The number of aldehydes is 2. The van der Waals surface area contributed by atoms with Crippen LogP contribution in [0, 0.1) is 0 Å². The van der Waals surface area contributed by atoms with Gasteiger partial charge in [-0.1, -0.05) is 58.4 Å². The minimum Gasteiger partial charge on any atom is -0.340 e. The van der Waals surface area contributed by atoms with Crippen LogP contribution in [0.3, 0.4) is 0 Å². The highest BCUT2D eigenvalue weighted by Crippen LogP contribution is 2.26. The lowest BCUT2D eigenvalue weighted by atomic mass is 9.87. The molecule has 1 N–H and O–H groups in total. The third-order valence-electron chi connectivity index (χ3n) is 5.01. The summed E-state index contributed by atoms with van der Waals surface area (Å²) in [5.41, 5.74) is 4.26. The summed E-state index contributed by atoms with van der Waals surface area (Å²) in [6.45, 7) is 10.5. The largest absolute Gasteiger partial charge is 0.340 e. The first kappa shape index (κ1) is 26.5. The Morgan fingerprint density at radius 2 is 1.44 bits per heavy atom. The molecule has 0 saturated heterocycles. The molecule has 5 rings (SSSR count). The number of hydrogen-bond donors (Lipinski definition) is 1. The molecule has 0 radical (unpaired) electrons. The number of nitrogens with one attached hydrogen (secondary N) is 1. The first-order valence-corrected chi connectivity index (χ1v) is 11.8. The number of halogens is 1. The Bertz CT molecular complexity index is 1490. The number of aromatic nitrogens is 6. The SMILES string of the molecule is CC.CC(C)(C)c1cccc(Nc2ccn3ncc(C=O)c3n2)c1.O=Cc1cnn2ccc(Cl)nc12. The second-order valence-electron chi connectivity index (χ2n) is 8.49. The molecule has 36 heavy (non-hydrogen) atoms. The summed E-state index contributed by atoms with van der Waals surface area (Å²) in [6.07, 6.45) is 7.86. The van der Waals surface area contributed by atoms with Crippen molar-refractivity contribution in [2.45, 2.75) is 40.0 Å². The molecule has 4 heterocycles. The van der Waals surface area contributed by atoms with Crippen molar-refractivity contribution in [3.8, 4) is 0 Å². The van der Waals surface area contributed by atoms with Crippen LogP contribution >= 0.6 is 11.6 Å². The fraction of sp³-hybridized carbons (Fsp3) is 0.231. The van der Waals surface area contributed by atoms with Crippen LogP contribution in [0.25, 0.3) is 11.3 Å². The van der Waals surface area contributed by atoms with Crippen LogP contribution in [0.4, 0.5) is 11.5 Å². The van der Waals surface area contributed by atoms with Gasteiger partial charge < -0.3 is 5.32 Å². The van der Waals surface area contributed by atoms with Gasteiger partial charge in [0.05, 0.1) is 23.5 Å². The molecule has 1 aromatic carbocycles. The quantitative estimate of drug-likeness (QED) is 0.243. The molecule has 0 bridgehead atoms. The van der Waals surface area contributed by atoms with Crippen molar-refractivity contribution in [1.29, 1.82) is 0 Å². The molecule has 4 aromatic heterocycles. The van der Waals surface area contributed by atoms with Crippen LogP contribution in [0.2, 0.25) is 5.15 Å². The Kier molecular flexibility index (Phi) is 8.50. The molecule has 0 aliphatic heterocycles. The van der Waals surface area contributed by atoms with Gasteiger partial charge in [0.1, 0.15) is 11.0 Å². The van der Waals surface area contributed by atoms with E-state index < -0.39 is 0 Å². The summed E-state index contributed by atoms with van der Waals surface area (Å²) in [6, 6.07) is 11.7. The number of fused-ring (bicyclic) bond motifs is 2. The van der Waals surface area contributed by atoms with E-state index in [-0.39, 0.29) is 5.41 Å². The lowest BCUT2D eigenvalue weighted by Crippen LogP contribution is -2.11. The summed E-state index contributed by atoms with van der Waals surface area (Å²) >= 11 is 5.64. The van der Waals surface area contributed by atoms with Crippen LogP contribution in [0.15, 0.2) is 61.2 Å². The number of nitrogens with zero attached hydrogens (tertiary/aromatic N) is 6. The van der Waals surface area contributed by atoms with Gasteiger partial charge in [-0.05, 0) is 35.2 Å². The fourth-order valence-electron chi connectivity index (χ4n) is 3.20. The zero-order valence-electron chi connectivity index (χ0n) is 20.8. The van der Waals surface area contributed by atoms with Crippen molar-refractivity contribution in [3.05, 3.63) is 83.0 Å². The second kappa shape index (κ2) is 11.5. The number of rotatable bonds is 4. The van der Waals surface area contributed by atoms with Crippen LogP contribution in [-0.4, -0.2) is 41.8 Å². The van der Waals surface area contributed by atoms with Gasteiger partial charge >= 0.3 is 0 Å². The predicted molar refractivity (Wildman–Crippen MR) is 142 cm³/mol. The molecule has 0 atom stereocenters. The number of carbonyl (C=O) groups excluding carboxylic acids is 2. The Hall–Kier alpha value is -4.11. The summed E-state index contributed by atoms with van der Waals surface area (Å²) in [5.74, 6) is 0.683. The summed E-state index contributed by atoms with van der Waals surface area (Å²) in [4.78, 5) is 29.8. The van der Waals surface area contributed by atoms with Gasteiger partial charge in [-0.2, -0.15) is 10.2 Å². The smallest absolute Gasteiger partial charge is 0.167 e. The van der Waals surface area contributed by atoms with E-state index in [4.69, 9.17) is 11.6 Å². The lowest BCUT2D eigenvalue weighted by Gasteiger charge is -2.20. The zero-order valence-corrected chi connectivity index (χ0v) is 21.6. The van der Waals surface area contributed by atoms with Crippen molar-refractivity contribution in [3.63, 3.8) is 0 Å². The molecule has 0 amide bonds. The molecule has 0 spiro atoms. The molecule has 0 unspecified atom stereocenters. The molecule has 9 nitrogen and oxygen atoms in total. The third kappa shape index (κ3) is 6.11. The normalized spacial score (nSPS) is 10.7. The molecule has 5 aromatic rings. The number of hydrogen-bond acceptors (Lipinski definition) is 7. The minimum absolute atomic E-state index is 0.0885. The molecule has 0 fully saturated rings. The van der Waals surface area contributed by atoms with E-state index in [1.54, 1.807) is 23.0 Å². The van der Waals surface area contributed by atoms with Crippen molar-refractivity contribution in [1.82, 2.24) is 29.2 Å². The maximum absolute atomic E-state index is 11.0. The Morgan fingerprint density at radius 3 is 2.03 bits per heavy atom. The van der Waals surface area contributed by atoms with Gasteiger partial charge in [-0.25, -0.2) is 19.0 Å². The van der Waals surface area contributed by atoms with Crippen LogP contribution in [-0.2, 0) is 5.41 Å². The number of benzene rings is 1. The van der Waals surface area contributed by atoms with Crippen molar-refractivity contribution >= 4 is 47.0 Å². The number of carbonyl (C=O) groups is 2. The minimum atomic E-state index is 0.0885. The van der Waals surface area contributed by atoms with E-state index in [0.717, 1.165) is 12.0 Å². The lowest BCUT2D eigenvalue weighted by molar-refractivity contribution is 0.111. The maximum Gasteiger partial charge on any atom is 0.167 e. The number of anilines is 2. The standard InChI is InChI=1S/C17H18N4O.C7H4ClN3O.C2H6/c1-17(2,3)13-5-4-6-14(9-13)19-15-7-8-21-16(20-15)12(11-22)10-18-21;8-6-1-2-11-7(10-6)5(4-12)3-9-11;1-2/h4-11H,1-3H3,(H,19,20);1-4H;1-2H3. The molecular formula is C26H28ClN7O2. The van der Waals surface area contributed by atoms with Crippen LogP contribution in [0.1, 0.15) is 60.9 Å². The Labute approximate surface area is 214 Å². The van der Waals surface area contributed by atoms with Gasteiger partial charge in [0.15, 0.2) is 23.9 Å². The topological polar surface area (TPSA) is 107 Å². The van der Waals surface area contributed by atoms with Gasteiger partial charge in [0.25, 0.3) is 0 Å². The summed E-state index contributed by atoms with van der Waals surface area (Å²) in [7, 11) is 0. The highest BCUT2D eigenvalue weighted by atomic mass is 35.5. The first-order valence-electron chi connectivity index (χ1n) is 11.4. The van der Waals surface area contributed by atoms with E-state index in [1.165, 1.54) is 22.5 Å². The highest BCUT2D eigenvalue weighted by molar-refractivity contribution is 6.29. The van der Waals surface area contributed by atoms with Crippen molar-refractivity contribution < 1.29 is 9.59 Å². The van der Waals surface area contributed by atoms with E-state index >= 15 is 0 Å². The van der Waals surface area contributed by atoms with Crippen molar-refractivity contribution in [2.75, 3.05) is 5.32 Å².